The summed E-state index contributed by atoms with van der Waals surface area (Å²) < 4.78 is 10.4. The molecule has 0 spiro atoms. The van der Waals surface area contributed by atoms with Gasteiger partial charge in [-0.15, -0.1) is 0 Å². The van der Waals surface area contributed by atoms with Crippen molar-refractivity contribution in [3.05, 3.63) is 63.1 Å². The van der Waals surface area contributed by atoms with Crippen LogP contribution in [-0.4, -0.2) is 25.0 Å². The van der Waals surface area contributed by atoms with Gasteiger partial charge < -0.3 is 14.5 Å². The number of aromatic nitrogens is 1. The Labute approximate surface area is 134 Å². The molecular formula is C18H19NO4. The van der Waals surface area contributed by atoms with E-state index in [0.717, 1.165) is 11.3 Å². The van der Waals surface area contributed by atoms with E-state index in [0.29, 0.717) is 17.1 Å². The lowest BCUT2D eigenvalue weighted by Crippen LogP contribution is -2.19. The van der Waals surface area contributed by atoms with Crippen molar-refractivity contribution in [1.82, 2.24) is 4.98 Å². The lowest BCUT2D eigenvalue weighted by molar-refractivity contribution is 0.104. The number of carbonyl (C=O) groups is 1. The lowest BCUT2D eigenvalue weighted by Gasteiger charge is -2.07. The molecule has 5 nitrogen and oxygen atoms in total. The number of allylic oxidation sites excluding steroid dienone is 1. The van der Waals surface area contributed by atoms with Crippen molar-refractivity contribution >= 4 is 11.9 Å². The highest BCUT2D eigenvalue weighted by molar-refractivity contribution is 6.07. The van der Waals surface area contributed by atoms with Gasteiger partial charge in [0.05, 0.1) is 19.8 Å². The lowest BCUT2D eigenvalue weighted by atomic mass is 10.0. The molecule has 0 amide bonds. The molecule has 0 atom stereocenters. The molecule has 1 N–H and O–H groups in total. The van der Waals surface area contributed by atoms with E-state index in [-0.39, 0.29) is 16.9 Å². The fourth-order valence-electron chi connectivity index (χ4n) is 2.37. The van der Waals surface area contributed by atoms with E-state index in [1.165, 1.54) is 6.08 Å². The smallest absolute Gasteiger partial charge is 0.259 e. The minimum Gasteiger partial charge on any atom is -0.493 e. The van der Waals surface area contributed by atoms with Crippen LogP contribution in [-0.2, 0) is 0 Å². The first-order valence-corrected chi connectivity index (χ1v) is 7.11. The summed E-state index contributed by atoms with van der Waals surface area (Å²) in [5.41, 5.74) is 1.95. The van der Waals surface area contributed by atoms with E-state index in [1.54, 1.807) is 58.4 Å². The summed E-state index contributed by atoms with van der Waals surface area (Å²) in [7, 11) is 3.11. The average molecular weight is 313 g/mol. The van der Waals surface area contributed by atoms with Crippen LogP contribution in [0.5, 0.6) is 11.5 Å². The topological polar surface area (TPSA) is 68.4 Å². The third-order valence-corrected chi connectivity index (χ3v) is 3.45. The van der Waals surface area contributed by atoms with Crippen LogP contribution in [0.3, 0.4) is 0 Å². The summed E-state index contributed by atoms with van der Waals surface area (Å²) in [5.74, 6) is 0.854. The number of rotatable bonds is 5. The van der Waals surface area contributed by atoms with Gasteiger partial charge in [0.25, 0.3) is 5.56 Å². The van der Waals surface area contributed by atoms with Crippen molar-refractivity contribution in [1.29, 1.82) is 0 Å². The van der Waals surface area contributed by atoms with Crippen LogP contribution in [0.1, 0.15) is 27.2 Å². The number of pyridine rings is 1. The molecule has 0 unspecified atom stereocenters. The van der Waals surface area contributed by atoms with Crippen LogP contribution < -0.4 is 15.0 Å². The normalized spacial score (nSPS) is 10.8. The highest BCUT2D eigenvalue weighted by Crippen LogP contribution is 2.28. The van der Waals surface area contributed by atoms with Gasteiger partial charge >= 0.3 is 0 Å². The number of methoxy groups -OCH3 is 2. The molecule has 0 aliphatic heterocycles. The van der Waals surface area contributed by atoms with Gasteiger partial charge in [-0.3, -0.25) is 9.59 Å². The Morgan fingerprint density at radius 2 is 1.78 bits per heavy atom. The van der Waals surface area contributed by atoms with E-state index < -0.39 is 0 Å². The molecule has 2 aromatic rings. The molecule has 1 heterocycles. The van der Waals surface area contributed by atoms with E-state index in [1.807, 2.05) is 0 Å². The zero-order chi connectivity index (χ0) is 17.0. The molecule has 0 aliphatic rings. The minimum atomic E-state index is -0.371. The van der Waals surface area contributed by atoms with Gasteiger partial charge in [-0.2, -0.15) is 0 Å². The molecule has 23 heavy (non-hydrogen) atoms. The number of aromatic amines is 1. The Kier molecular flexibility index (Phi) is 5.01. The first kappa shape index (κ1) is 16.5. The van der Waals surface area contributed by atoms with Gasteiger partial charge in [0.15, 0.2) is 17.3 Å². The Morgan fingerprint density at radius 3 is 2.39 bits per heavy atom. The third-order valence-electron chi connectivity index (χ3n) is 3.45. The highest BCUT2D eigenvalue weighted by atomic mass is 16.5. The molecule has 0 saturated carbocycles. The number of hydrogen-bond donors (Lipinski definition) is 1. The first-order chi connectivity index (χ1) is 11.0. The van der Waals surface area contributed by atoms with Crippen molar-refractivity contribution < 1.29 is 14.3 Å². The SMILES string of the molecule is COc1ccc(C=CC(=O)c2c(C)cc(C)[nH]c2=O)cc1OC. The molecular weight excluding hydrogens is 294 g/mol. The molecule has 0 bridgehead atoms. The van der Waals surface area contributed by atoms with E-state index >= 15 is 0 Å². The van der Waals surface area contributed by atoms with Crippen molar-refractivity contribution in [2.45, 2.75) is 13.8 Å². The maximum Gasteiger partial charge on any atom is 0.259 e. The maximum absolute atomic E-state index is 12.3. The van der Waals surface area contributed by atoms with Crippen molar-refractivity contribution in [3.63, 3.8) is 0 Å². The van der Waals surface area contributed by atoms with Crippen molar-refractivity contribution in [3.8, 4) is 11.5 Å². The summed E-state index contributed by atoms with van der Waals surface area (Å²) in [6, 6.07) is 7.10. The summed E-state index contributed by atoms with van der Waals surface area (Å²) >= 11 is 0. The van der Waals surface area contributed by atoms with Crippen LogP contribution in [0.2, 0.25) is 0 Å². The van der Waals surface area contributed by atoms with Crippen molar-refractivity contribution in [2.24, 2.45) is 0 Å². The number of hydrogen-bond acceptors (Lipinski definition) is 4. The Hall–Kier alpha value is -2.82. The second-order valence-corrected chi connectivity index (χ2v) is 5.15. The molecule has 120 valence electrons. The molecule has 1 aromatic heterocycles. The van der Waals surface area contributed by atoms with E-state index in [9.17, 15) is 9.59 Å². The van der Waals surface area contributed by atoms with Gasteiger partial charge in [-0.25, -0.2) is 0 Å². The standard InChI is InChI=1S/C18H19NO4/c1-11-9-12(2)19-18(21)17(11)14(20)7-5-13-6-8-15(22-3)16(10-13)23-4/h5-10H,1-4H3,(H,19,21). The van der Waals surface area contributed by atoms with Crippen LogP contribution in [0, 0.1) is 13.8 Å². The van der Waals surface area contributed by atoms with Crippen LogP contribution >= 0.6 is 0 Å². The van der Waals surface area contributed by atoms with Crippen LogP contribution in [0.25, 0.3) is 6.08 Å². The number of ether oxygens (including phenoxy) is 2. The quantitative estimate of drug-likeness (QED) is 0.681. The molecule has 1 aromatic carbocycles. The third kappa shape index (κ3) is 3.69. The van der Waals surface area contributed by atoms with Gasteiger partial charge in [0.1, 0.15) is 0 Å². The number of H-pyrrole nitrogens is 1. The zero-order valence-corrected chi connectivity index (χ0v) is 13.6. The highest BCUT2D eigenvalue weighted by Gasteiger charge is 2.11. The average Bonchev–Trinajstić information content (AvgIpc) is 2.51. The fourth-order valence-corrected chi connectivity index (χ4v) is 2.37. The molecule has 5 heteroatoms. The number of carbonyl (C=O) groups excluding carboxylic acids is 1. The van der Waals surface area contributed by atoms with E-state index in [4.69, 9.17) is 9.47 Å². The summed E-state index contributed by atoms with van der Waals surface area (Å²) in [6.45, 7) is 3.53. The van der Waals surface area contributed by atoms with E-state index in [2.05, 4.69) is 4.98 Å². The Balaban J connectivity index is 2.30. The van der Waals surface area contributed by atoms with Gasteiger partial charge in [0.2, 0.25) is 0 Å². The number of benzene rings is 1. The van der Waals surface area contributed by atoms with Gasteiger partial charge in [0, 0.05) is 5.69 Å². The molecule has 2 rings (SSSR count). The minimum absolute atomic E-state index is 0.160. The van der Waals surface area contributed by atoms with Crippen LogP contribution in [0.15, 0.2) is 35.1 Å². The number of ketones is 1. The molecule has 0 fully saturated rings. The fraction of sp³-hybridized carbons (Fsp3) is 0.222. The largest absolute Gasteiger partial charge is 0.493 e. The summed E-state index contributed by atoms with van der Waals surface area (Å²) in [4.78, 5) is 26.9. The second kappa shape index (κ2) is 6.96. The second-order valence-electron chi connectivity index (χ2n) is 5.15. The number of nitrogens with one attached hydrogen (secondary N) is 1. The Morgan fingerprint density at radius 1 is 1.09 bits per heavy atom. The number of aryl methyl sites for hydroxylation is 2. The van der Waals surface area contributed by atoms with Crippen LogP contribution in [0.4, 0.5) is 0 Å². The predicted octanol–water partition coefficient (Wildman–Crippen LogP) is 2.91. The molecule has 0 aliphatic carbocycles. The van der Waals surface area contributed by atoms with Gasteiger partial charge in [-0.05, 0) is 49.2 Å². The monoisotopic (exact) mass is 313 g/mol. The summed E-state index contributed by atoms with van der Waals surface area (Å²) in [6.07, 6.45) is 3.02. The molecule has 0 saturated heterocycles. The summed E-state index contributed by atoms with van der Waals surface area (Å²) in [5, 5.41) is 0. The zero-order valence-electron chi connectivity index (χ0n) is 13.6. The predicted molar refractivity (Wildman–Crippen MR) is 89.4 cm³/mol. The van der Waals surface area contributed by atoms with Crippen molar-refractivity contribution in [2.75, 3.05) is 14.2 Å². The Bertz CT molecular complexity index is 818. The molecule has 0 radical (unpaired) electrons. The first-order valence-electron chi connectivity index (χ1n) is 7.11. The van der Waals surface area contributed by atoms with Gasteiger partial charge in [-0.1, -0.05) is 12.1 Å². The maximum atomic E-state index is 12.3.